The Morgan fingerprint density at radius 2 is 2.25 bits per heavy atom. The van der Waals surface area contributed by atoms with Gasteiger partial charge in [0.1, 0.15) is 5.82 Å². The van der Waals surface area contributed by atoms with Crippen LogP contribution in [0.3, 0.4) is 0 Å². The van der Waals surface area contributed by atoms with Crippen molar-refractivity contribution in [2.45, 2.75) is 38.1 Å². The van der Waals surface area contributed by atoms with Gasteiger partial charge in [0, 0.05) is 18.2 Å². The molecule has 1 aliphatic rings. The SMILES string of the molecule is Cc1ccnc(N)c1C(=O)CC1(N)CCC1. The molecular formula is C12H17N3O. The summed E-state index contributed by atoms with van der Waals surface area (Å²) >= 11 is 0. The fraction of sp³-hybridized carbons (Fsp3) is 0.500. The number of Topliss-reactive ketones (excluding diaryl/α,β-unsaturated/α-hetero) is 1. The van der Waals surface area contributed by atoms with Crippen molar-refractivity contribution in [2.24, 2.45) is 5.73 Å². The Kier molecular flexibility index (Phi) is 2.68. The molecule has 1 fully saturated rings. The molecule has 2 rings (SSSR count). The van der Waals surface area contributed by atoms with Gasteiger partial charge in [-0.3, -0.25) is 4.79 Å². The summed E-state index contributed by atoms with van der Waals surface area (Å²) in [5.41, 5.74) is 12.9. The van der Waals surface area contributed by atoms with Gasteiger partial charge in [-0.15, -0.1) is 0 Å². The molecule has 0 atom stereocenters. The fourth-order valence-corrected chi connectivity index (χ4v) is 2.16. The molecule has 0 bridgehead atoms. The zero-order valence-electron chi connectivity index (χ0n) is 9.49. The van der Waals surface area contributed by atoms with Crippen LogP contribution >= 0.6 is 0 Å². The van der Waals surface area contributed by atoms with Crippen molar-refractivity contribution >= 4 is 11.6 Å². The molecule has 4 heteroatoms. The van der Waals surface area contributed by atoms with Crippen molar-refractivity contribution in [1.29, 1.82) is 0 Å². The van der Waals surface area contributed by atoms with Crippen molar-refractivity contribution in [3.05, 3.63) is 23.4 Å². The van der Waals surface area contributed by atoms with Crippen LogP contribution in [0.2, 0.25) is 0 Å². The smallest absolute Gasteiger partial charge is 0.168 e. The summed E-state index contributed by atoms with van der Waals surface area (Å²) in [5, 5.41) is 0. The molecule has 0 radical (unpaired) electrons. The predicted octanol–water partition coefficient (Wildman–Crippen LogP) is 1.43. The average Bonchev–Trinajstić information content (AvgIpc) is 2.15. The molecule has 1 aromatic heterocycles. The summed E-state index contributed by atoms with van der Waals surface area (Å²) in [5.74, 6) is 0.332. The molecule has 86 valence electrons. The molecule has 16 heavy (non-hydrogen) atoms. The minimum atomic E-state index is -0.300. The van der Waals surface area contributed by atoms with Gasteiger partial charge in [0.2, 0.25) is 0 Å². The Morgan fingerprint density at radius 1 is 1.56 bits per heavy atom. The fourth-order valence-electron chi connectivity index (χ4n) is 2.16. The molecule has 0 aliphatic heterocycles. The maximum Gasteiger partial charge on any atom is 0.168 e. The largest absolute Gasteiger partial charge is 0.383 e. The van der Waals surface area contributed by atoms with Crippen molar-refractivity contribution in [3.63, 3.8) is 0 Å². The molecule has 0 saturated heterocycles. The Balaban J connectivity index is 2.20. The lowest BCUT2D eigenvalue weighted by Gasteiger charge is -2.37. The summed E-state index contributed by atoms with van der Waals surface area (Å²) in [6, 6.07) is 1.80. The summed E-state index contributed by atoms with van der Waals surface area (Å²) in [7, 11) is 0. The lowest BCUT2D eigenvalue weighted by Crippen LogP contribution is -2.48. The molecule has 1 heterocycles. The molecule has 1 aliphatic carbocycles. The van der Waals surface area contributed by atoms with E-state index in [1.165, 1.54) is 0 Å². The van der Waals surface area contributed by atoms with Gasteiger partial charge in [0.25, 0.3) is 0 Å². The number of carbonyl (C=O) groups excluding carboxylic acids is 1. The molecule has 0 aromatic carbocycles. The normalized spacial score (nSPS) is 17.9. The first kappa shape index (κ1) is 11.1. The van der Waals surface area contributed by atoms with Gasteiger partial charge < -0.3 is 11.5 Å². The van der Waals surface area contributed by atoms with Crippen molar-refractivity contribution in [3.8, 4) is 0 Å². The van der Waals surface area contributed by atoms with E-state index in [0.717, 1.165) is 24.8 Å². The average molecular weight is 219 g/mol. The number of pyridine rings is 1. The quantitative estimate of drug-likeness (QED) is 0.753. The first-order chi connectivity index (χ1) is 7.52. The Hall–Kier alpha value is -1.42. The van der Waals surface area contributed by atoms with E-state index in [2.05, 4.69) is 4.98 Å². The second kappa shape index (κ2) is 3.87. The van der Waals surface area contributed by atoms with Crippen LogP contribution in [0.25, 0.3) is 0 Å². The summed E-state index contributed by atoms with van der Waals surface area (Å²) in [6.07, 6.45) is 4.97. The zero-order chi connectivity index (χ0) is 11.8. The van der Waals surface area contributed by atoms with Crippen LogP contribution < -0.4 is 11.5 Å². The second-order valence-electron chi connectivity index (χ2n) is 4.70. The molecule has 4 nitrogen and oxygen atoms in total. The zero-order valence-corrected chi connectivity index (χ0v) is 9.49. The minimum absolute atomic E-state index is 0.0188. The highest BCUT2D eigenvalue weighted by atomic mass is 16.1. The van der Waals surface area contributed by atoms with E-state index < -0.39 is 0 Å². The Morgan fingerprint density at radius 3 is 2.75 bits per heavy atom. The summed E-state index contributed by atoms with van der Waals surface area (Å²) in [4.78, 5) is 16.0. The number of nitrogen functional groups attached to an aromatic ring is 1. The highest BCUT2D eigenvalue weighted by molar-refractivity contribution is 6.01. The lowest BCUT2D eigenvalue weighted by atomic mass is 9.73. The third-order valence-corrected chi connectivity index (χ3v) is 3.33. The number of aromatic nitrogens is 1. The molecule has 1 aromatic rings. The lowest BCUT2D eigenvalue weighted by molar-refractivity contribution is 0.0912. The highest BCUT2D eigenvalue weighted by Crippen LogP contribution is 2.33. The molecule has 0 amide bonds. The van der Waals surface area contributed by atoms with Crippen LogP contribution in [0, 0.1) is 6.92 Å². The topological polar surface area (TPSA) is 82.0 Å². The van der Waals surface area contributed by atoms with Crippen LogP contribution in [-0.4, -0.2) is 16.3 Å². The Bertz CT molecular complexity index is 404. The van der Waals surface area contributed by atoms with Gasteiger partial charge in [0.05, 0.1) is 5.56 Å². The molecule has 4 N–H and O–H groups in total. The summed E-state index contributed by atoms with van der Waals surface area (Å²) < 4.78 is 0. The Labute approximate surface area is 95.0 Å². The van der Waals surface area contributed by atoms with E-state index in [1.54, 1.807) is 12.3 Å². The van der Waals surface area contributed by atoms with Crippen LogP contribution in [0.15, 0.2) is 12.3 Å². The molecule has 0 unspecified atom stereocenters. The van der Waals surface area contributed by atoms with Gasteiger partial charge in [-0.2, -0.15) is 0 Å². The van der Waals surface area contributed by atoms with E-state index in [4.69, 9.17) is 11.5 Å². The van der Waals surface area contributed by atoms with Gasteiger partial charge in [-0.05, 0) is 37.8 Å². The van der Waals surface area contributed by atoms with Crippen LogP contribution in [0.4, 0.5) is 5.82 Å². The van der Waals surface area contributed by atoms with Gasteiger partial charge in [-0.1, -0.05) is 0 Å². The minimum Gasteiger partial charge on any atom is -0.383 e. The maximum absolute atomic E-state index is 12.1. The number of rotatable bonds is 3. The van der Waals surface area contributed by atoms with Crippen molar-refractivity contribution in [1.82, 2.24) is 4.98 Å². The number of aryl methyl sites for hydroxylation is 1. The second-order valence-corrected chi connectivity index (χ2v) is 4.70. The highest BCUT2D eigenvalue weighted by Gasteiger charge is 2.35. The van der Waals surface area contributed by atoms with Crippen molar-refractivity contribution in [2.75, 3.05) is 5.73 Å². The number of nitrogens with two attached hydrogens (primary N) is 2. The van der Waals surface area contributed by atoms with Crippen molar-refractivity contribution < 1.29 is 4.79 Å². The van der Waals surface area contributed by atoms with Gasteiger partial charge in [-0.25, -0.2) is 4.98 Å². The number of nitrogens with zero attached hydrogens (tertiary/aromatic N) is 1. The summed E-state index contributed by atoms with van der Waals surface area (Å²) in [6.45, 7) is 1.87. The monoisotopic (exact) mass is 219 g/mol. The van der Waals surface area contributed by atoms with E-state index in [1.807, 2.05) is 6.92 Å². The molecule has 1 saturated carbocycles. The molecule has 0 spiro atoms. The number of anilines is 1. The third-order valence-electron chi connectivity index (χ3n) is 3.33. The van der Waals surface area contributed by atoms with Gasteiger partial charge >= 0.3 is 0 Å². The predicted molar refractivity (Wildman–Crippen MR) is 63.1 cm³/mol. The molecular weight excluding hydrogens is 202 g/mol. The van der Waals surface area contributed by atoms with Crippen LogP contribution in [-0.2, 0) is 0 Å². The van der Waals surface area contributed by atoms with Crippen LogP contribution in [0.5, 0.6) is 0 Å². The number of hydrogen-bond acceptors (Lipinski definition) is 4. The first-order valence-electron chi connectivity index (χ1n) is 5.55. The van der Waals surface area contributed by atoms with E-state index in [0.29, 0.717) is 17.8 Å². The van der Waals surface area contributed by atoms with Crippen LogP contribution in [0.1, 0.15) is 41.6 Å². The number of hydrogen-bond donors (Lipinski definition) is 2. The number of carbonyl (C=O) groups is 1. The van der Waals surface area contributed by atoms with E-state index in [-0.39, 0.29) is 11.3 Å². The van der Waals surface area contributed by atoms with E-state index in [9.17, 15) is 4.79 Å². The first-order valence-corrected chi connectivity index (χ1v) is 5.55. The van der Waals surface area contributed by atoms with Gasteiger partial charge in [0.15, 0.2) is 5.78 Å². The standard InChI is InChI=1S/C12H17N3O/c1-8-3-6-15-11(13)10(8)9(16)7-12(14)4-2-5-12/h3,6H,2,4-5,7,14H2,1H3,(H2,13,15). The van der Waals surface area contributed by atoms with E-state index >= 15 is 0 Å². The number of ketones is 1. The maximum atomic E-state index is 12.1. The third kappa shape index (κ3) is 1.93.